The lowest BCUT2D eigenvalue weighted by Crippen LogP contribution is -2.44. The summed E-state index contributed by atoms with van der Waals surface area (Å²) in [6.07, 6.45) is 1.97. The second-order valence-electron chi connectivity index (χ2n) is 6.71. The number of ether oxygens (including phenoxy) is 1. The Morgan fingerprint density at radius 1 is 1.25 bits per heavy atom. The van der Waals surface area contributed by atoms with Crippen LogP contribution in [0.3, 0.4) is 0 Å². The van der Waals surface area contributed by atoms with Gasteiger partial charge in [-0.05, 0) is 13.8 Å². The highest BCUT2D eigenvalue weighted by Crippen LogP contribution is 2.23. The molecule has 1 aromatic rings. The van der Waals surface area contributed by atoms with Gasteiger partial charge in [0.25, 0.3) is 0 Å². The monoisotopic (exact) mass is 332 g/mol. The molecule has 3 rings (SSSR count). The minimum atomic E-state index is -0.188. The van der Waals surface area contributed by atoms with Crippen molar-refractivity contribution in [2.45, 2.75) is 39.2 Å². The molecule has 7 heteroatoms. The molecule has 3 heterocycles. The largest absolute Gasteiger partial charge is 0.474 e. The molecule has 2 aliphatic rings. The van der Waals surface area contributed by atoms with E-state index in [9.17, 15) is 9.59 Å². The van der Waals surface area contributed by atoms with Crippen LogP contribution >= 0.6 is 0 Å². The van der Waals surface area contributed by atoms with Crippen LogP contribution in [0.4, 0.5) is 0 Å². The van der Waals surface area contributed by atoms with Crippen molar-refractivity contribution in [1.82, 2.24) is 19.8 Å². The third-order valence-corrected chi connectivity index (χ3v) is 4.67. The number of nitrogens with zero attached hydrogens (tertiary/aromatic N) is 4. The maximum atomic E-state index is 12.5. The van der Waals surface area contributed by atoms with E-state index in [4.69, 9.17) is 4.74 Å². The van der Waals surface area contributed by atoms with E-state index in [-0.39, 0.29) is 23.8 Å². The highest BCUT2D eigenvalue weighted by atomic mass is 16.5. The maximum absolute atomic E-state index is 12.5. The van der Waals surface area contributed by atoms with Gasteiger partial charge in [0.2, 0.25) is 17.7 Å². The van der Waals surface area contributed by atoms with E-state index >= 15 is 0 Å². The lowest BCUT2D eigenvalue weighted by Gasteiger charge is -2.33. The summed E-state index contributed by atoms with van der Waals surface area (Å²) in [5.74, 6) is 1.27. The van der Waals surface area contributed by atoms with Gasteiger partial charge in [0.05, 0.1) is 5.92 Å². The zero-order chi connectivity index (χ0) is 17.3. The minimum absolute atomic E-state index is 0.0565. The van der Waals surface area contributed by atoms with Gasteiger partial charge in [0.1, 0.15) is 11.9 Å². The molecule has 24 heavy (non-hydrogen) atoms. The first-order valence-corrected chi connectivity index (χ1v) is 8.44. The van der Waals surface area contributed by atoms with Crippen molar-refractivity contribution in [2.24, 2.45) is 5.92 Å². The second-order valence-corrected chi connectivity index (χ2v) is 6.71. The van der Waals surface area contributed by atoms with Gasteiger partial charge in [0, 0.05) is 57.7 Å². The van der Waals surface area contributed by atoms with Gasteiger partial charge in [-0.2, -0.15) is 4.98 Å². The van der Waals surface area contributed by atoms with E-state index in [1.54, 1.807) is 11.9 Å². The minimum Gasteiger partial charge on any atom is -0.474 e. The van der Waals surface area contributed by atoms with E-state index in [1.807, 2.05) is 24.8 Å². The Morgan fingerprint density at radius 2 is 1.96 bits per heavy atom. The number of carbonyl (C=O) groups is 2. The fourth-order valence-electron chi connectivity index (χ4n) is 3.40. The molecule has 2 saturated heterocycles. The molecule has 0 spiro atoms. The summed E-state index contributed by atoms with van der Waals surface area (Å²) in [4.78, 5) is 36.2. The number of carbonyl (C=O) groups excluding carboxylic acids is 2. The van der Waals surface area contributed by atoms with E-state index in [1.165, 1.54) is 0 Å². The molecule has 130 valence electrons. The average Bonchev–Trinajstić information content (AvgIpc) is 2.86. The highest BCUT2D eigenvalue weighted by molar-refractivity contribution is 5.89. The number of hydrogen-bond donors (Lipinski definition) is 0. The third-order valence-electron chi connectivity index (χ3n) is 4.67. The summed E-state index contributed by atoms with van der Waals surface area (Å²) < 4.78 is 5.95. The summed E-state index contributed by atoms with van der Waals surface area (Å²) in [6.45, 7) is 5.64. The molecule has 0 unspecified atom stereocenters. The zero-order valence-electron chi connectivity index (χ0n) is 14.5. The number of amides is 2. The molecule has 2 amide bonds. The van der Waals surface area contributed by atoms with E-state index in [0.717, 1.165) is 18.5 Å². The van der Waals surface area contributed by atoms with Crippen molar-refractivity contribution >= 4 is 11.8 Å². The molecular weight excluding hydrogens is 308 g/mol. The highest BCUT2D eigenvalue weighted by Gasteiger charge is 2.36. The van der Waals surface area contributed by atoms with Crippen molar-refractivity contribution < 1.29 is 14.3 Å². The molecule has 2 fully saturated rings. The van der Waals surface area contributed by atoms with Crippen molar-refractivity contribution in [1.29, 1.82) is 0 Å². The number of aromatic nitrogens is 2. The van der Waals surface area contributed by atoms with Gasteiger partial charge in [-0.15, -0.1) is 0 Å². The molecule has 1 aromatic heterocycles. The first-order chi connectivity index (χ1) is 11.4. The van der Waals surface area contributed by atoms with Gasteiger partial charge in [-0.25, -0.2) is 4.98 Å². The first kappa shape index (κ1) is 16.7. The molecule has 0 radical (unpaired) electrons. The molecule has 7 nitrogen and oxygen atoms in total. The number of piperidine rings is 1. The molecule has 0 N–H and O–H groups in total. The molecule has 0 saturated carbocycles. The summed E-state index contributed by atoms with van der Waals surface area (Å²) in [5.41, 5.74) is 0.889. The second kappa shape index (κ2) is 6.75. The van der Waals surface area contributed by atoms with Gasteiger partial charge in [-0.1, -0.05) is 0 Å². The normalized spacial score (nSPS) is 22.1. The maximum Gasteiger partial charge on any atom is 0.227 e. The van der Waals surface area contributed by atoms with Crippen LogP contribution in [0.5, 0.6) is 5.88 Å². The van der Waals surface area contributed by atoms with Crippen LogP contribution in [-0.2, 0) is 9.59 Å². The quantitative estimate of drug-likeness (QED) is 0.823. The predicted octanol–water partition coefficient (Wildman–Crippen LogP) is 0.942. The van der Waals surface area contributed by atoms with Crippen LogP contribution in [-0.4, -0.2) is 64.4 Å². The summed E-state index contributed by atoms with van der Waals surface area (Å²) >= 11 is 0. The summed E-state index contributed by atoms with van der Waals surface area (Å²) in [5, 5.41) is 0. The SMILES string of the molecule is Cc1cc(OC2CCN(C(=O)[C@H]3CC(=O)N(C)C3)CC2)nc(C)n1. The van der Waals surface area contributed by atoms with Gasteiger partial charge < -0.3 is 14.5 Å². The fourth-order valence-corrected chi connectivity index (χ4v) is 3.40. The Kier molecular flexibility index (Phi) is 4.69. The average molecular weight is 332 g/mol. The molecule has 0 bridgehead atoms. The van der Waals surface area contributed by atoms with Gasteiger partial charge >= 0.3 is 0 Å². The fraction of sp³-hybridized carbons (Fsp3) is 0.647. The van der Waals surface area contributed by atoms with Crippen molar-refractivity contribution in [3.05, 3.63) is 17.6 Å². The zero-order valence-corrected chi connectivity index (χ0v) is 14.5. The Morgan fingerprint density at radius 3 is 2.54 bits per heavy atom. The first-order valence-electron chi connectivity index (χ1n) is 8.44. The van der Waals surface area contributed by atoms with Crippen molar-refractivity contribution in [3.63, 3.8) is 0 Å². The van der Waals surface area contributed by atoms with Gasteiger partial charge in [0.15, 0.2) is 0 Å². The molecule has 0 aromatic carbocycles. The van der Waals surface area contributed by atoms with Crippen LogP contribution in [0.2, 0.25) is 0 Å². The Bertz CT molecular complexity index is 620. The van der Waals surface area contributed by atoms with E-state index < -0.39 is 0 Å². The molecular formula is C17H24N4O3. The summed E-state index contributed by atoms with van der Waals surface area (Å²) in [6, 6.07) is 1.84. The number of hydrogen-bond acceptors (Lipinski definition) is 5. The standard InChI is InChI=1S/C17H24N4O3/c1-11-8-15(19-12(2)18-11)24-14-4-6-21(7-5-14)17(23)13-9-16(22)20(3)10-13/h8,13-14H,4-7,9-10H2,1-3H3/t13-/m0/s1. The van der Waals surface area contributed by atoms with Crippen LogP contribution in [0, 0.1) is 19.8 Å². The van der Waals surface area contributed by atoms with E-state index in [2.05, 4.69) is 9.97 Å². The Balaban J connectivity index is 1.52. The number of rotatable bonds is 3. The van der Waals surface area contributed by atoms with Crippen molar-refractivity contribution in [3.8, 4) is 5.88 Å². The Hall–Kier alpha value is -2.18. The van der Waals surface area contributed by atoms with Crippen LogP contribution in [0.15, 0.2) is 6.07 Å². The lowest BCUT2D eigenvalue weighted by atomic mass is 10.0. The summed E-state index contributed by atoms with van der Waals surface area (Å²) in [7, 11) is 1.75. The molecule has 0 aliphatic carbocycles. The molecule has 2 aliphatic heterocycles. The topological polar surface area (TPSA) is 75.6 Å². The number of likely N-dealkylation sites (tertiary alicyclic amines) is 2. The smallest absolute Gasteiger partial charge is 0.227 e. The number of aryl methyl sites for hydroxylation is 2. The van der Waals surface area contributed by atoms with Crippen LogP contribution in [0.1, 0.15) is 30.8 Å². The van der Waals surface area contributed by atoms with Crippen LogP contribution in [0.25, 0.3) is 0 Å². The molecule has 1 atom stereocenters. The predicted molar refractivity (Wildman–Crippen MR) is 87.5 cm³/mol. The van der Waals surface area contributed by atoms with Crippen LogP contribution < -0.4 is 4.74 Å². The Labute approximate surface area is 142 Å². The third kappa shape index (κ3) is 3.66. The lowest BCUT2D eigenvalue weighted by molar-refractivity contribution is -0.137. The van der Waals surface area contributed by atoms with Crippen molar-refractivity contribution in [2.75, 3.05) is 26.7 Å². The van der Waals surface area contributed by atoms with Gasteiger partial charge in [-0.3, -0.25) is 9.59 Å². The van der Waals surface area contributed by atoms with E-state index in [0.29, 0.717) is 37.8 Å².